The summed E-state index contributed by atoms with van der Waals surface area (Å²) in [6.07, 6.45) is 1.65. The molecule has 5 heteroatoms. The molecule has 2 N–H and O–H groups in total. The Morgan fingerprint density at radius 2 is 1.90 bits per heavy atom. The molecule has 104 valence electrons. The van der Waals surface area contributed by atoms with Crippen molar-refractivity contribution >= 4 is 23.1 Å². The number of hydrogen-bond donors (Lipinski definition) is 2. The molecule has 0 amide bonds. The lowest BCUT2D eigenvalue weighted by Gasteiger charge is -2.01. The number of H-pyrrole nitrogens is 1. The van der Waals surface area contributed by atoms with Gasteiger partial charge >= 0.3 is 0 Å². The van der Waals surface area contributed by atoms with E-state index in [4.69, 9.17) is 0 Å². The van der Waals surface area contributed by atoms with E-state index in [1.165, 1.54) is 5.56 Å². The number of aryl methyl sites for hydroxylation is 1. The van der Waals surface area contributed by atoms with Gasteiger partial charge in [0.05, 0.1) is 17.2 Å². The lowest BCUT2D eigenvalue weighted by Crippen LogP contribution is -2.13. The third-order valence-electron chi connectivity index (χ3n) is 3.06. The number of hydrazone groups is 1. The van der Waals surface area contributed by atoms with Gasteiger partial charge in [-0.15, -0.1) is 0 Å². The van der Waals surface area contributed by atoms with E-state index in [0.717, 1.165) is 5.56 Å². The Balaban J connectivity index is 1.83. The summed E-state index contributed by atoms with van der Waals surface area (Å²) in [7, 11) is 0. The van der Waals surface area contributed by atoms with Gasteiger partial charge in [-0.2, -0.15) is 5.10 Å². The maximum atomic E-state index is 11.9. The molecule has 0 aliphatic heterocycles. The smallest absolute Gasteiger partial charge is 0.293 e. The van der Waals surface area contributed by atoms with Crippen LogP contribution >= 0.6 is 0 Å². The predicted octanol–water partition coefficient (Wildman–Crippen LogP) is 2.68. The first-order chi connectivity index (χ1) is 10.2. The van der Waals surface area contributed by atoms with Crippen LogP contribution in [-0.4, -0.2) is 16.2 Å². The van der Waals surface area contributed by atoms with Crippen molar-refractivity contribution in [2.24, 2.45) is 5.10 Å². The van der Waals surface area contributed by atoms with Crippen LogP contribution in [0.2, 0.25) is 0 Å². The highest BCUT2D eigenvalue weighted by Gasteiger charge is 2.02. The summed E-state index contributed by atoms with van der Waals surface area (Å²) in [4.78, 5) is 18.9. The molecule has 0 saturated carbocycles. The monoisotopic (exact) mass is 278 g/mol. The van der Waals surface area contributed by atoms with Gasteiger partial charge in [0.15, 0.2) is 0 Å². The molecule has 0 aliphatic carbocycles. The molecule has 21 heavy (non-hydrogen) atoms. The number of rotatable bonds is 3. The molecule has 0 spiro atoms. The molecule has 0 bridgehead atoms. The van der Waals surface area contributed by atoms with Crippen molar-refractivity contribution in [1.29, 1.82) is 0 Å². The van der Waals surface area contributed by atoms with Gasteiger partial charge in [-0.3, -0.25) is 10.2 Å². The summed E-state index contributed by atoms with van der Waals surface area (Å²) in [5.74, 6) is 0.178. The first-order valence-corrected chi connectivity index (χ1v) is 6.57. The molecule has 0 fully saturated rings. The topological polar surface area (TPSA) is 70.1 Å². The molecular weight excluding hydrogens is 264 g/mol. The minimum absolute atomic E-state index is 0.178. The third kappa shape index (κ3) is 2.97. The SMILES string of the molecule is Cc1ccc(/C=N\Nc2nc3ccccc3[nH]c2=O)cc1. The first kappa shape index (κ1) is 13.1. The summed E-state index contributed by atoms with van der Waals surface area (Å²) in [5.41, 5.74) is 5.94. The van der Waals surface area contributed by atoms with Gasteiger partial charge in [-0.1, -0.05) is 42.0 Å². The Morgan fingerprint density at radius 1 is 1.14 bits per heavy atom. The van der Waals surface area contributed by atoms with Crippen molar-refractivity contribution in [3.05, 3.63) is 70.0 Å². The molecular formula is C16H14N4O. The Labute approximate surface area is 121 Å². The predicted molar refractivity (Wildman–Crippen MR) is 84.8 cm³/mol. The zero-order chi connectivity index (χ0) is 14.7. The van der Waals surface area contributed by atoms with Gasteiger partial charge in [-0.25, -0.2) is 4.98 Å². The summed E-state index contributed by atoms with van der Waals surface area (Å²) < 4.78 is 0. The highest BCUT2D eigenvalue weighted by Crippen LogP contribution is 2.08. The number of aromatic amines is 1. The van der Waals surface area contributed by atoms with E-state index in [9.17, 15) is 4.79 Å². The molecule has 0 aliphatic rings. The first-order valence-electron chi connectivity index (χ1n) is 6.57. The summed E-state index contributed by atoms with van der Waals surface area (Å²) in [6.45, 7) is 2.03. The van der Waals surface area contributed by atoms with E-state index in [1.807, 2.05) is 55.5 Å². The molecule has 1 heterocycles. The average Bonchev–Trinajstić information content (AvgIpc) is 2.50. The zero-order valence-electron chi connectivity index (χ0n) is 11.5. The number of nitrogens with one attached hydrogen (secondary N) is 2. The lowest BCUT2D eigenvalue weighted by molar-refractivity contribution is 1.17. The Morgan fingerprint density at radius 3 is 2.71 bits per heavy atom. The molecule has 0 atom stereocenters. The van der Waals surface area contributed by atoms with E-state index >= 15 is 0 Å². The fourth-order valence-corrected chi connectivity index (χ4v) is 1.93. The van der Waals surface area contributed by atoms with Gasteiger partial charge < -0.3 is 4.98 Å². The highest BCUT2D eigenvalue weighted by molar-refractivity contribution is 5.80. The number of anilines is 1. The molecule has 0 saturated heterocycles. The van der Waals surface area contributed by atoms with Crippen LogP contribution < -0.4 is 11.0 Å². The molecule has 0 unspecified atom stereocenters. The summed E-state index contributed by atoms with van der Waals surface area (Å²) >= 11 is 0. The maximum absolute atomic E-state index is 11.9. The molecule has 2 aromatic carbocycles. The second-order valence-electron chi connectivity index (χ2n) is 4.71. The Kier molecular flexibility index (Phi) is 3.47. The number of aromatic nitrogens is 2. The van der Waals surface area contributed by atoms with Crippen molar-refractivity contribution in [1.82, 2.24) is 9.97 Å². The van der Waals surface area contributed by atoms with E-state index in [-0.39, 0.29) is 11.4 Å². The summed E-state index contributed by atoms with van der Waals surface area (Å²) in [6, 6.07) is 15.3. The van der Waals surface area contributed by atoms with E-state index < -0.39 is 0 Å². The van der Waals surface area contributed by atoms with Gasteiger partial charge in [-0.05, 0) is 24.6 Å². The van der Waals surface area contributed by atoms with Gasteiger partial charge in [0.1, 0.15) is 0 Å². The Hall–Kier alpha value is -2.95. The molecule has 3 aromatic rings. The van der Waals surface area contributed by atoms with E-state index in [1.54, 1.807) is 6.21 Å². The van der Waals surface area contributed by atoms with E-state index in [2.05, 4.69) is 20.5 Å². The molecule has 1 aromatic heterocycles. The van der Waals surface area contributed by atoms with Crippen molar-refractivity contribution in [2.75, 3.05) is 5.43 Å². The van der Waals surface area contributed by atoms with Crippen LogP contribution in [0.4, 0.5) is 5.82 Å². The maximum Gasteiger partial charge on any atom is 0.293 e. The zero-order valence-corrected chi connectivity index (χ0v) is 11.5. The number of para-hydroxylation sites is 2. The number of hydrogen-bond acceptors (Lipinski definition) is 4. The van der Waals surface area contributed by atoms with E-state index in [0.29, 0.717) is 11.0 Å². The van der Waals surface area contributed by atoms with Crippen LogP contribution in [0.1, 0.15) is 11.1 Å². The third-order valence-corrected chi connectivity index (χ3v) is 3.06. The minimum atomic E-state index is -0.297. The molecule has 3 rings (SSSR count). The average molecular weight is 278 g/mol. The van der Waals surface area contributed by atoms with Crippen molar-refractivity contribution < 1.29 is 0 Å². The van der Waals surface area contributed by atoms with Crippen molar-refractivity contribution in [3.63, 3.8) is 0 Å². The van der Waals surface area contributed by atoms with Gasteiger partial charge in [0.2, 0.25) is 5.82 Å². The quantitative estimate of drug-likeness (QED) is 0.571. The fourth-order valence-electron chi connectivity index (χ4n) is 1.93. The fraction of sp³-hybridized carbons (Fsp3) is 0.0625. The van der Waals surface area contributed by atoms with Gasteiger partial charge in [0.25, 0.3) is 5.56 Å². The van der Waals surface area contributed by atoms with Crippen molar-refractivity contribution in [3.8, 4) is 0 Å². The minimum Gasteiger partial charge on any atom is -0.317 e. The standard InChI is InChI=1S/C16H14N4O/c1-11-6-8-12(9-7-11)10-17-20-15-16(21)19-14-5-3-2-4-13(14)18-15/h2-10H,1H3,(H,18,20)(H,19,21)/b17-10-. The molecule has 0 radical (unpaired) electrons. The number of benzene rings is 2. The second-order valence-corrected chi connectivity index (χ2v) is 4.71. The van der Waals surface area contributed by atoms with Crippen LogP contribution in [0.15, 0.2) is 58.4 Å². The normalized spacial score (nSPS) is 11.1. The van der Waals surface area contributed by atoms with Crippen LogP contribution in [0, 0.1) is 6.92 Å². The van der Waals surface area contributed by atoms with Crippen LogP contribution in [0.5, 0.6) is 0 Å². The highest BCUT2D eigenvalue weighted by atomic mass is 16.1. The van der Waals surface area contributed by atoms with Crippen LogP contribution in [0.3, 0.4) is 0 Å². The second kappa shape index (κ2) is 5.58. The number of nitrogens with zero attached hydrogens (tertiary/aromatic N) is 2. The van der Waals surface area contributed by atoms with Crippen LogP contribution in [0.25, 0.3) is 11.0 Å². The molecule has 5 nitrogen and oxygen atoms in total. The van der Waals surface area contributed by atoms with Gasteiger partial charge in [0, 0.05) is 0 Å². The summed E-state index contributed by atoms with van der Waals surface area (Å²) in [5, 5.41) is 4.05. The largest absolute Gasteiger partial charge is 0.317 e. The van der Waals surface area contributed by atoms with Crippen molar-refractivity contribution in [2.45, 2.75) is 6.92 Å². The number of fused-ring (bicyclic) bond motifs is 1. The Bertz CT molecular complexity index is 850. The van der Waals surface area contributed by atoms with Crippen LogP contribution in [-0.2, 0) is 0 Å². The lowest BCUT2D eigenvalue weighted by atomic mass is 10.2.